The Morgan fingerprint density at radius 2 is 1.26 bits per heavy atom. The maximum absolute atomic E-state index is 9.71. The summed E-state index contributed by atoms with van der Waals surface area (Å²) in [6.07, 6.45) is 8.22. The SMILES string of the molecule is C#CCN.C=CCN.Cc1ccc(CCN)cc1.NCCS(=O)(=O)O.NCCc1ccc(N)cc1. The fourth-order valence-electron chi connectivity index (χ4n) is 1.92. The van der Waals surface area contributed by atoms with Gasteiger partial charge in [-0.1, -0.05) is 54.0 Å². The predicted octanol–water partition coefficient (Wildman–Crippen LogP) is 0.809. The first-order valence-electron chi connectivity index (χ1n) is 10.9. The molecule has 0 bridgehead atoms. The molecule has 0 aliphatic heterocycles. The van der Waals surface area contributed by atoms with Crippen LogP contribution in [0.4, 0.5) is 5.69 Å². The maximum Gasteiger partial charge on any atom is 0.266 e. The van der Waals surface area contributed by atoms with Crippen LogP contribution in [-0.2, 0) is 23.0 Å². The fourth-order valence-corrected chi connectivity index (χ4v) is 2.22. The lowest BCUT2D eigenvalue weighted by Crippen LogP contribution is -2.13. The van der Waals surface area contributed by atoms with Gasteiger partial charge in [-0.2, -0.15) is 8.42 Å². The molecule has 2 aromatic rings. The van der Waals surface area contributed by atoms with Crippen LogP contribution >= 0.6 is 0 Å². The van der Waals surface area contributed by atoms with Gasteiger partial charge < -0.3 is 34.4 Å². The normalized spacial score (nSPS) is 9.20. The predicted molar refractivity (Wildman–Crippen MR) is 150 cm³/mol. The molecule has 35 heavy (non-hydrogen) atoms. The standard InChI is InChI=1S/C9H13N.C8H12N2.C3H7N.C3H5N.C2H7NO3S/c1-8-2-4-9(5-3-8)6-7-10;9-6-5-7-1-3-8(10)4-2-7;2*1-2-3-4;3-1-2-7(4,5)6/h2-5H,6-7,10H2,1H3;1-4H,5-6,9-10H2;2H,1,3-4H2;1H,3-4H2;1-3H2,(H,4,5,6). The summed E-state index contributed by atoms with van der Waals surface area (Å²) in [6, 6.07) is 16.3. The van der Waals surface area contributed by atoms with Crippen molar-refractivity contribution in [2.24, 2.45) is 28.7 Å². The zero-order valence-corrected chi connectivity index (χ0v) is 21.6. The molecule has 198 valence electrons. The van der Waals surface area contributed by atoms with E-state index in [0.29, 0.717) is 19.6 Å². The van der Waals surface area contributed by atoms with Crippen molar-refractivity contribution in [1.29, 1.82) is 0 Å². The molecule has 10 heteroatoms. The van der Waals surface area contributed by atoms with Crippen LogP contribution in [0.2, 0.25) is 0 Å². The van der Waals surface area contributed by atoms with Crippen molar-refractivity contribution in [3.05, 3.63) is 77.9 Å². The van der Waals surface area contributed by atoms with Crippen LogP contribution in [-0.4, -0.2) is 51.4 Å². The Hall–Kier alpha value is -2.75. The van der Waals surface area contributed by atoms with Gasteiger partial charge >= 0.3 is 0 Å². The second-order valence-electron chi connectivity index (χ2n) is 6.81. The minimum atomic E-state index is -3.80. The molecule has 0 fully saturated rings. The average Bonchev–Trinajstić information content (AvgIpc) is 2.83. The number of rotatable bonds is 7. The summed E-state index contributed by atoms with van der Waals surface area (Å²) in [6.45, 7) is 7.78. The minimum Gasteiger partial charge on any atom is -0.399 e. The topological polar surface area (TPSA) is 210 Å². The van der Waals surface area contributed by atoms with Gasteiger partial charge in [0.15, 0.2) is 0 Å². The van der Waals surface area contributed by atoms with Crippen molar-refractivity contribution in [2.45, 2.75) is 19.8 Å². The van der Waals surface area contributed by atoms with Gasteiger partial charge in [-0.3, -0.25) is 4.55 Å². The van der Waals surface area contributed by atoms with E-state index in [1.54, 1.807) is 6.08 Å². The highest BCUT2D eigenvalue weighted by Crippen LogP contribution is 2.05. The van der Waals surface area contributed by atoms with Crippen LogP contribution in [0, 0.1) is 19.3 Å². The average molecular weight is 509 g/mol. The summed E-state index contributed by atoms with van der Waals surface area (Å²) in [5.74, 6) is 1.85. The number of benzene rings is 2. The zero-order valence-electron chi connectivity index (χ0n) is 20.8. The molecule has 0 heterocycles. The van der Waals surface area contributed by atoms with E-state index in [0.717, 1.165) is 25.1 Å². The summed E-state index contributed by atoms with van der Waals surface area (Å²) in [5.41, 5.74) is 35.4. The molecule has 2 aromatic carbocycles. The lowest BCUT2D eigenvalue weighted by Gasteiger charge is -1.97. The van der Waals surface area contributed by atoms with Crippen LogP contribution in [0.25, 0.3) is 0 Å². The monoisotopic (exact) mass is 508 g/mol. The lowest BCUT2D eigenvalue weighted by atomic mass is 10.1. The molecule has 9 nitrogen and oxygen atoms in total. The first-order valence-corrected chi connectivity index (χ1v) is 12.6. The molecule has 0 radical (unpaired) electrons. The van der Waals surface area contributed by atoms with Gasteiger partial charge in [0, 0.05) is 18.8 Å². The third-order valence-corrected chi connectivity index (χ3v) is 4.38. The number of hydrogen-bond acceptors (Lipinski definition) is 8. The molecule has 0 aliphatic carbocycles. The van der Waals surface area contributed by atoms with E-state index in [1.807, 2.05) is 24.3 Å². The Bertz CT molecular complexity index is 833. The van der Waals surface area contributed by atoms with Crippen molar-refractivity contribution >= 4 is 15.8 Å². The number of hydrogen-bond donors (Lipinski definition) is 7. The highest BCUT2D eigenvalue weighted by atomic mass is 32.2. The highest BCUT2D eigenvalue weighted by molar-refractivity contribution is 7.85. The molecule has 13 N–H and O–H groups in total. The molecule has 0 aliphatic rings. The van der Waals surface area contributed by atoms with Gasteiger partial charge in [-0.15, -0.1) is 13.0 Å². The molecule has 0 aromatic heterocycles. The van der Waals surface area contributed by atoms with Crippen LogP contribution < -0.4 is 34.4 Å². The summed E-state index contributed by atoms with van der Waals surface area (Å²) < 4.78 is 27.3. The molecule has 0 saturated heterocycles. The second-order valence-corrected chi connectivity index (χ2v) is 8.38. The van der Waals surface area contributed by atoms with Gasteiger partial charge in [0.05, 0.1) is 12.3 Å². The Labute approximate surface area is 211 Å². The maximum atomic E-state index is 9.71. The van der Waals surface area contributed by atoms with Crippen LogP contribution in [0.3, 0.4) is 0 Å². The van der Waals surface area contributed by atoms with Crippen molar-refractivity contribution < 1.29 is 13.0 Å². The van der Waals surface area contributed by atoms with Gasteiger partial charge in [-0.05, 0) is 56.1 Å². The van der Waals surface area contributed by atoms with E-state index < -0.39 is 10.1 Å². The van der Waals surface area contributed by atoms with Gasteiger partial charge in [-0.25, -0.2) is 0 Å². The van der Waals surface area contributed by atoms with Crippen molar-refractivity contribution in [3.8, 4) is 12.3 Å². The number of aryl methyl sites for hydroxylation is 1. The minimum absolute atomic E-state index is 0.0289. The number of nitrogen functional groups attached to an aromatic ring is 1. The van der Waals surface area contributed by atoms with Crippen molar-refractivity contribution in [2.75, 3.05) is 44.2 Å². The second kappa shape index (κ2) is 25.9. The summed E-state index contributed by atoms with van der Waals surface area (Å²) in [7, 11) is -3.80. The van der Waals surface area contributed by atoms with E-state index >= 15 is 0 Å². The van der Waals surface area contributed by atoms with Crippen molar-refractivity contribution in [3.63, 3.8) is 0 Å². The van der Waals surface area contributed by atoms with Crippen LogP contribution in [0.5, 0.6) is 0 Å². The zero-order chi connectivity index (χ0) is 27.5. The highest BCUT2D eigenvalue weighted by Gasteiger charge is 1.98. The molecular formula is C25H44N6O3S. The van der Waals surface area contributed by atoms with E-state index in [9.17, 15) is 8.42 Å². The number of anilines is 1. The smallest absolute Gasteiger partial charge is 0.266 e. The van der Waals surface area contributed by atoms with E-state index in [1.165, 1.54) is 16.7 Å². The first-order chi connectivity index (χ1) is 16.5. The summed E-state index contributed by atoms with van der Waals surface area (Å²) in [4.78, 5) is 0. The quantitative estimate of drug-likeness (QED) is 0.122. The lowest BCUT2D eigenvalue weighted by molar-refractivity contribution is 0.483. The van der Waals surface area contributed by atoms with Gasteiger partial charge in [0.2, 0.25) is 0 Å². The van der Waals surface area contributed by atoms with Gasteiger partial charge in [0.25, 0.3) is 10.1 Å². The van der Waals surface area contributed by atoms with Gasteiger partial charge in [0.1, 0.15) is 0 Å². The molecule has 0 amide bonds. The van der Waals surface area contributed by atoms with E-state index in [4.69, 9.17) is 39.0 Å². The first kappa shape index (κ1) is 36.8. The Kier molecular flexibility index (Phi) is 27.2. The number of nitrogens with two attached hydrogens (primary N) is 6. The third-order valence-electron chi connectivity index (χ3n) is 3.63. The molecule has 0 unspecified atom stereocenters. The van der Waals surface area contributed by atoms with E-state index in [2.05, 4.69) is 50.1 Å². The molecule has 0 saturated carbocycles. The van der Waals surface area contributed by atoms with E-state index in [-0.39, 0.29) is 12.3 Å². The largest absolute Gasteiger partial charge is 0.399 e. The Morgan fingerprint density at radius 3 is 1.49 bits per heavy atom. The summed E-state index contributed by atoms with van der Waals surface area (Å²) in [5, 5.41) is 0. The van der Waals surface area contributed by atoms with Crippen molar-refractivity contribution in [1.82, 2.24) is 0 Å². The summed E-state index contributed by atoms with van der Waals surface area (Å²) >= 11 is 0. The fraction of sp³-hybridized carbons (Fsp3) is 0.360. The van der Waals surface area contributed by atoms with Crippen LogP contribution in [0.1, 0.15) is 16.7 Å². The molecule has 0 atom stereocenters. The third kappa shape index (κ3) is 31.2. The van der Waals surface area contributed by atoms with Crippen LogP contribution in [0.15, 0.2) is 61.2 Å². The molecular weight excluding hydrogens is 464 g/mol. The molecule has 0 spiro atoms. The number of terminal acetylenes is 1. The molecule has 2 rings (SSSR count). The Balaban J connectivity index is -0.000000387. The Morgan fingerprint density at radius 1 is 0.886 bits per heavy atom.